The van der Waals surface area contributed by atoms with Crippen molar-refractivity contribution in [2.75, 3.05) is 13.6 Å². The molecular formula is C10H14N2O2. The van der Waals surface area contributed by atoms with Gasteiger partial charge in [0.15, 0.2) is 0 Å². The summed E-state index contributed by atoms with van der Waals surface area (Å²) in [7, 11) is 1.72. The first kappa shape index (κ1) is 10.5. The van der Waals surface area contributed by atoms with Crippen molar-refractivity contribution in [2.24, 2.45) is 4.99 Å². The quantitative estimate of drug-likeness (QED) is 0.532. The summed E-state index contributed by atoms with van der Waals surface area (Å²) in [6.45, 7) is 2.30. The van der Waals surface area contributed by atoms with Crippen molar-refractivity contribution in [3.63, 3.8) is 0 Å². The number of carbonyl (C=O) groups is 1. The van der Waals surface area contributed by atoms with Gasteiger partial charge in [-0.05, 0) is 13.0 Å². The van der Waals surface area contributed by atoms with Crippen LogP contribution in [-0.4, -0.2) is 35.4 Å². The molecule has 0 aromatic heterocycles. The van der Waals surface area contributed by atoms with Crippen LogP contribution in [-0.2, 0) is 4.79 Å². The first-order valence-electron chi connectivity index (χ1n) is 4.54. The number of nitrogens with zero attached hydrogens (tertiary/aromatic N) is 2. The molecule has 4 heteroatoms. The lowest BCUT2D eigenvalue weighted by Crippen LogP contribution is -2.32. The number of hydrogen-bond acceptors (Lipinski definition) is 2. The summed E-state index contributed by atoms with van der Waals surface area (Å²) in [4.78, 5) is 16.4. The van der Waals surface area contributed by atoms with Gasteiger partial charge in [-0.2, -0.15) is 0 Å². The van der Waals surface area contributed by atoms with Gasteiger partial charge in [-0.3, -0.25) is 4.99 Å². The van der Waals surface area contributed by atoms with E-state index in [9.17, 15) is 4.79 Å². The molecule has 0 saturated carbocycles. The minimum Gasteiger partial charge on any atom is -0.475 e. The molecule has 0 radical (unpaired) electrons. The first-order valence-corrected chi connectivity index (χ1v) is 4.54. The van der Waals surface area contributed by atoms with E-state index in [1.165, 1.54) is 0 Å². The van der Waals surface area contributed by atoms with E-state index in [1.807, 2.05) is 25.2 Å². The third kappa shape index (κ3) is 2.22. The van der Waals surface area contributed by atoms with Crippen molar-refractivity contribution in [3.8, 4) is 0 Å². The Kier molecular flexibility index (Phi) is 3.45. The highest BCUT2D eigenvalue weighted by Crippen LogP contribution is 2.14. The highest BCUT2D eigenvalue weighted by atomic mass is 16.4. The van der Waals surface area contributed by atoms with E-state index in [4.69, 9.17) is 5.11 Å². The average molecular weight is 194 g/mol. The van der Waals surface area contributed by atoms with E-state index in [0.29, 0.717) is 6.54 Å². The molecule has 1 aliphatic rings. The molecule has 0 heterocycles. The summed E-state index contributed by atoms with van der Waals surface area (Å²) in [6, 6.07) is 0. The lowest BCUT2D eigenvalue weighted by molar-refractivity contribution is -0.130. The molecule has 0 atom stereocenters. The van der Waals surface area contributed by atoms with Gasteiger partial charge in [0.25, 0.3) is 0 Å². The van der Waals surface area contributed by atoms with Gasteiger partial charge < -0.3 is 10.0 Å². The summed E-state index contributed by atoms with van der Waals surface area (Å²) < 4.78 is 0. The largest absolute Gasteiger partial charge is 0.475 e. The minimum absolute atomic E-state index is 0.0995. The standard InChI is InChI=1S/C10H14N2O2/c1-3-11-9(10(13)14)12(2)8-6-4-5-7-8/h4-6H,3,7H2,1-2H3,(H,13,14). The number of aliphatic imine (C=N–C) groups is 1. The molecule has 14 heavy (non-hydrogen) atoms. The zero-order valence-corrected chi connectivity index (χ0v) is 8.40. The van der Waals surface area contributed by atoms with Crippen molar-refractivity contribution in [1.82, 2.24) is 4.90 Å². The fourth-order valence-corrected chi connectivity index (χ4v) is 1.29. The lowest BCUT2D eigenvalue weighted by Gasteiger charge is -2.19. The van der Waals surface area contributed by atoms with Crippen LogP contribution >= 0.6 is 0 Å². The third-order valence-corrected chi connectivity index (χ3v) is 2.00. The SMILES string of the molecule is CCN=C(C(=O)O)N(C)C1=CC=CC1. The van der Waals surface area contributed by atoms with Gasteiger partial charge in [0, 0.05) is 25.7 Å². The maximum absolute atomic E-state index is 10.9. The number of carboxylic acids is 1. The van der Waals surface area contributed by atoms with Crippen LogP contribution in [0.2, 0.25) is 0 Å². The summed E-state index contributed by atoms with van der Waals surface area (Å²) in [5.74, 6) is -0.885. The Balaban J connectivity index is 2.79. The zero-order valence-electron chi connectivity index (χ0n) is 8.40. The maximum atomic E-state index is 10.9. The smallest absolute Gasteiger partial charge is 0.371 e. The van der Waals surface area contributed by atoms with Crippen LogP contribution < -0.4 is 0 Å². The number of hydrogen-bond donors (Lipinski definition) is 1. The second-order valence-corrected chi connectivity index (χ2v) is 2.95. The van der Waals surface area contributed by atoms with E-state index in [-0.39, 0.29) is 5.84 Å². The summed E-state index contributed by atoms with van der Waals surface area (Å²) >= 11 is 0. The van der Waals surface area contributed by atoms with Gasteiger partial charge in [-0.1, -0.05) is 12.2 Å². The van der Waals surface area contributed by atoms with E-state index in [1.54, 1.807) is 11.9 Å². The lowest BCUT2D eigenvalue weighted by atomic mass is 10.3. The molecule has 1 aliphatic carbocycles. The van der Waals surface area contributed by atoms with Crippen molar-refractivity contribution < 1.29 is 9.90 Å². The molecule has 0 fully saturated rings. The van der Waals surface area contributed by atoms with Crippen LogP contribution in [0.1, 0.15) is 13.3 Å². The number of carboxylic acid groups (broad SMARTS) is 1. The van der Waals surface area contributed by atoms with Gasteiger partial charge in [0.2, 0.25) is 5.84 Å². The Morgan fingerprint density at radius 1 is 1.71 bits per heavy atom. The van der Waals surface area contributed by atoms with Crippen molar-refractivity contribution in [3.05, 3.63) is 23.9 Å². The number of amidine groups is 1. The summed E-state index contributed by atoms with van der Waals surface area (Å²) in [6.07, 6.45) is 6.56. The molecule has 0 spiro atoms. The Morgan fingerprint density at radius 3 is 2.86 bits per heavy atom. The van der Waals surface area contributed by atoms with E-state index in [2.05, 4.69) is 4.99 Å². The van der Waals surface area contributed by atoms with E-state index >= 15 is 0 Å². The van der Waals surface area contributed by atoms with Gasteiger partial charge in [0.1, 0.15) is 0 Å². The van der Waals surface area contributed by atoms with Crippen LogP contribution in [0.25, 0.3) is 0 Å². The number of rotatable bonds is 2. The predicted octanol–water partition coefficient (Wildman–Crippen LogP) is 1.26. The summed E-state index contributed by atoms with van der Waals surface area (Å²) in [5, 5.41) is 8.92. The van der Waals surface area contributed by atoms with Crippen molar-refractivity contribution >= 4 is 11.8 Å². The van der Waals surface area contributed by atoms with Crippen LogP contribution in [0, 0.1) is 0 Å². The predicted molar refractivity (Wildman–Crippen MR) is 55.2 cm³/mol. The number of likely N-dealkylation sites (N-methyl/N-ethyl adjacent to an activating group) is 1. The highest BCUT2D eigenvalue weighted by Gasteiger charge is 2.17. The van der Waals surface area contributed by atoms with Crippen LogP contribution in [0.5, 0.6) is 0 Å². The molecule has 0 aliphatic heterocycles. The van der Waals surface area contributed by atoms with Crippen molar-refractivity contribution in [1.29, 1.82) is 0 Å². The topological polar surface area (TPSA) is 52.9 Å². The van der Waals surface area contributed by atoms with Crippen LogP contribution in [0.3, 0.4) is 0 Å². The first-order chi connectivity index (χ1) is 6.66. The molecule has 0 bridgehead atoms. The van der Waals surface area contributed by atoms with Crippen molar-refractivity contribution in [2.45, 2.75) is 13.3 Å². The average Bonchev–Trinajstić information content (AvgIpc) is 2.65. The monoisotopic (exact) mass is 194 g/mol. The Bertz CT molecular complexity index is 316. The molecule has 1 rings (SSSR count). The Morgan fingerprint density at radius 2 is 2.43 bits per heavy atom. The molecule has 76 valence electrons. The van der Waals surface area contributed by atoms with E-state index < -0.39 is 5.97 Å². The Labute approximate surface area is 83.2 Å². The maximum Gasteiger partial charge on any atom is 0.371 e. The molecule has 1 N–H and O–H groups in total. The summed E-state index contributed by atoms with van der Waals surface area (Å²) in [5.41, 5.74) is 0.958. The van der Waals surface area contributed by atoms with Gasteiger partial charge in [-0.25, -0.2) is 4.79 Å². The third-order valence-electron chi connectivity index (χ3n) is 2.00. The van der Waals surface area contributed by atoms with Crippen LogP contribution in [0.4, 0.5) is 0 Å². The molecule has 0 saturated heterocycles. The molecule has 0 unspecified atom stereocenters. The highest BCUT2D eigenvalue weighted by molar-refractivity contribution is 6.34. The van der Waals surface area contributed by atoms with E-state index in [0.717, 1.165) is 12.1 Å². The second-order valence-electron chi connectivity index (χ2n) is 2.95. The zero-order chi connectivity index (χ0) is 10.6. The Hall–Kier alpha value is -1.58. The number of aliphatic carboxylic acids is 1. The van der Waals surface area contributed by atoms with Gasteiger partial charge in [-0.15, -0.1) is 0 Å². The second kappa shape index (κ2) is 4.60. The molecule has 4 nitrogen and oxygen atoms in total. The molecular weight excluding hydrogens is 180 g/mol. The van der Waals surface area contributed by atoms with Gasteiger partial charge >= 0.3 is 5.97 Å². The fraction of sp³-hybridized carbons (Fsp3) is 0.400. The normalized spacial score (nSPS) is 15.6. The fourth-order valence-electron chi connectivity index (χ4n) is 1.29. The minimum atomic E-state index is -0.984. The molecule has 0 amide bonds. The number of allylic oxidation sites excluding steroid dienone is 3. The molecule has 0 aromatic rings. The van der Waals surface area contributed by atoms with Gasteiger partial charge in [0.05, 0.1) is 0 Å². The molecule has 0 aromatic carbocycles. The van der Waals surface area contributed by atoms with Crippen LogP contribution in [0.15, 0.2) is 28.9 Å².